The van der Waals surface area contributed by atoms with Gasteiger partial charge >= 0.3 is 6.03 Å². The van der Waals surface area contributed by atoms with Crippen LogP contribution >= 0.6 is 0 Å². The predicted molar refractivity (Wildman–Crippen MR) is 121 cm³/mol. The van der Waals surface area contributed by atoms with Gasteiger partial charge in [0.1, 0.15) is 12.4 Å². The topological polar surface area (TPSA) is 109 Å². The van der Waals surface area contributed by atoms with E-state index in [2.05, 4.69) is 10.3 Å². The molecule has 170 valence electrons. The summed E-state index contributed by atoms with van der Waals surface area (Å²) in [6, 6.07) is 11.3. The summed E-state index contributed by atoms with van der Waals surface area (Å²) in [7, 11) is 1.47. The molecule has 2 aromatic carbocycles. The van der Waals surface area contributed by atoms with E-state index in [4.69, 9.17) is 5.73 Å². The molecule has 1 aromatic heterocycles. The lowest BCUT2D eigenvalue weighted by Crippen LogP contribution is -2.47. The summed E-state index contributed by atoms with van der Waals surface area (Å²) in [6.07, 6.45) is 3.00. The van der Waals surface area contributed by atoms with E-state index in [1.54, 1.807) is 17.2 Å². The molecular weight excluding hydrogens is 425 g/mol. The Morgan fingerprint density at radius 2 is 2.00 bits per heavy atom. The molecule has 0 fully saturated rings. The number of nitrogens with one attached hydrogen (secondary N) is 1. The summed E-state index contributed by atoms with van der Waals surface area (Å²) in [5.74, 6) is -1.18. The van der Waals surface area contributed by atoms with Gasteiger partial charge in [0.05, 0.1) is 5.56 Å². The average molecular weight is 449 g/mol. The van der Waals surface area contributed by atoms with E-state index < -0.39 is 11.8 Å². The molecule has 4 amide bonds. The van der Waals surface area contributed by atoms with Crippen LogP contribution in [0.1, 0.15) is 27.4 Å². The molecule has 8 nitrogen and oxygen atoms in total. The number of pyridine rings is 1. The first-order valence-electron chi connectivity index (χ1n) is 10.5. The zero-order valence-electron chi connectivity index (χ0n) is 18.1. The Hall–Kier alpha value is -4.01. The summed E-state index contributed by atoms with van der Waals surface area (Å²) in [5.41, 5.74) is 7.55. The second kappa shape index (κ2) is 9.23. The van der Waals surface area contributed by atoms with Gasteiger partial charge in [0, 0.05) is 55.8 Å². The van der Waals surface area contributed by atoms with E-state index in [-0.39, 0.29) is 36.4 Å². The van der Waals surface area contributed by atoms with Crippen molar-refractivity contribution in [3.63, 3.8) is 0 Å². The van der Waals surface area contributed by atoms with Crippen LogP contribution in [0, 0.1) is 5.82 Å². The largest absolute Gasteiger partial charge is 0.351 e. The maximum absolute atomic E-state index is 13.8. The molecule has 4 rings (SSSR count). The average Bonchev–Trinajstić information content (AvgIpc) is 2.81. The number of nitrogens with zero attached hydrogens (tertiary/aromatic N) is 3. The number of aromatic nitrogens is 1. The number of hydrogen-bond acceptors (Lipinski definition) is 4. The number of benzene rings is 2. The van der Waals surface area contributed by atoms with Crippen LogP contribution < -0.4 is 11.1 Å². The van der Waals surface area contributed by atoms with Gasteiger partial charge in [-0.3, -0.25) is 14.6 Å². The maximum Gasteiger partial charge on any atom is 0.314 e. The normalized spacial score (nSPS) is 15.1. The smallest absolute Gasteiger partial charge is 0.314 e. The fourth-order valence-corrected chi connectivity index (χ4v) is 4.08. The zero-order valence-corrected chi connectivity index (χ0v) is 18.1. The molecule has 1 unspecified atom stereocenters. The number of nitrogens with two attached hydrogens (primary N) is 1. The van der Waals surface area contributed by atoms with E-state index in [1.807, 2.05) is 24.3 Å². The second-order valence-electron chi connectivity index (χ2n) is 8.13. The quantitative estimate of drug-likeness (QED) is 0.623. The SMILES string of the molecule is CN(CC(=O)N1Cc2ccccc2C(CNC(=O)c2cncc3ccc(F)cc23)C1)C(N)=O. The highest BCUT2D eigenvalue weighted by Gasteiger charge is 2.29. The van der Waals surface area contributed by atoms with Crippen LogP contribution in [0.3, 0.4) is 0 Å². The number of amides is 4. The van der Waals surface area contributed by atoms with E-state index in [0.717, 1.165) is 16.0 Å². The third kappa shape index (κ3) is 4.77. The van der Waals surface area contributed by atoms with Crippen LogP contribution in [-0.2, 0) is 11.3 Å². The molecule has 9 heteroatoms. The Kier molecular flexibility index (Phi) is 6.21. The standard InChI is InChI=1S/C24H24FN5O3/c1-29(24(26)33)14-22(31)30-12-16-4-2-3-5-19(16)17(13-30)10-28-23(32)21-11-27-9-15-6-7-18(25)8-20(15)21/h2-9,11,17H,10,12-14H2,1H3,(H2,26,33)(H,28,32). The van der Waals surface area contributed by atoms with Gasteiger partial charge < -0.3 is 20.9 Å². The van der Waals surface area contributed by atoms with Crippen LogP contribution in [0.15, 0.2) is 54.9 Å². The van der Waals surface area contributed by atoms with Crippen molar-refractivity contribution in [2.24, 2.45) is 5.73 Å². The lowest BCUT2D eigenvalue weighted by atomic mass is 9.89. The van der Waals surface area contributed by atoms with E-state index in [0.29, 0.717) is 23.9 Å². The summed E-state index contributed by atoms with van der Waals surface area (Å²) >= 11 is 0. The molecule has 1 aliphatic heterocycles. The number of rotatable bonds is 5. The minimum Gasteiger partial charge on any atom is -0.351 e. The van der Waals surface area contributed by atoms with Gasteiger partial charge in [-0.2, -0.15) is 0 Å². The molecule has 0 bridgehead atoms. The fraction of sp³-hybridized carbons (Fsp3) is 0.250. The third-order valence-electron chi connectivity index (χ3n) is 5.87. The summed E-state index contributed by atoms with van der Waals surface area (Å²) in [6.45, 7) is 0.949. The van der Waals surface area contributed by atoms with Crippen molar-refractivity contribution < 1.29 is 18.8 Å². The number of halogens is 1. The van der Waals surface area contributed by atoms with Crippen LogP contribution in [0.4, 0.5) is 9.18 Å². The highest BCUT2D eigenvalue weighted by atomic mass is 19.1. The zero-order chi connectivity index (χ0) is 23.5. The Morgan fingerprint density at radius 1 is 1.21 bits per heavy atom. The van der Waals surface area contributed by atoms with Crippen molar-refractivity contribution in [2.75, 3.05) is 26.7 Å². The molecule has 2 heterocycles. The van der Waals surface area contributed by atoms with Gasteiger partial charge in [-0.05, 0) is 29.3 Å². The molecule has 0 saturated heterocycles. The minimum atomic E-state index is -0.676. The lowest BCUT2D eigenvalue weighted by Gasteiger charge is -2.35. The molecule has 33 heavy (non-hydrogen) atoms. The van der Waals surface area contributed by atoms with Gasteiger partial charge in [-0.1, -0.05) is 24.3 Å². The van der Waals surface area contributed by atoms with Crippen molar-refractivity contribution in [3.8, 4) is 0 Å². The van der Waals surface area contributed by atoms with Gasteiger partial charge in [-0.25, -0.2) is 9.18 Å². The number of carbonyl (C=O) groups excluding carboxylic acids is 3. The highest BCUT2D eigenvalue weighted by molar-refractivity contribution is 6.06. The van der Waals surface area contributed by atoms with Gasteiger partial charge in [0.15, 0.2) is 0 Å². The van der Waals surface area contributed by atoms with Gasteiger partial charge in [0.2, 0.25) is 5.91 Å². The molecule has 0 radical (unpaired) electrons. The van der Waals surface area contributed by atoms with E-state index in [9.17, 15) is 18.8 Å². The van der Waals surface area contributed by atoms with E-state index in [1.165, 1.54) is 25.4 Å². The number of urea groups is 1. The number of fused-ring (bicyclic) bond motifs is 2. The highest BCUT2D eigenvalue weighted by Crippen LogP contribution is 2.28. The first-order chi connectivity index (χ1) is 15.8. The first-order valence-corrected chi connectivity index (χ1v) is 10.5. The summed E-state index contributed by atoms with van der Waals surface area (Å²) in [5, 5.41) is 4.07. The Balaban J connectivity index is 1.52. The molecular formula is C24H24FN5O3. The predicted octanol–water partition coefficient (Wildman–Crippen LogP) is 2.24. The van der Waals surface area contributed by atoms with Gasteiger partial charge in [-0.15, -0.1) is 0 Å². The van der Waals surface area contributed by atoms with Crippen LogP contribution in [0.2, 0.25) is 0 Å². The Bertz CT molecular complexity index is 1230. The van der Waals surface area contributed by atoms with Crippen molar-refractivity contribution in [3.05, 3.63) is 77.4 Å². The number of carbonyl (C=O) groups is 3. The lowest BCUT2D eigenvalue weighted by molar-refractivity contribution is -0.132. The summed E-state index contributed by atoms with van der Waals surface area (Å²) < 4.78 is 13.8. The molecule has 1 aliphatic rings. The van der Waals surface area contributed by atoms with Gasteiger partial charge in [0.25, 0.3) is 5.91 Å². The first kappa shape index (κ1) is 22.2. The van der Waals surface area contributed by atoms with Crippen LogP contribution in [0.5, 0.6) is 0 Å². The fourth-order valence-electron chi connectivity index (χ4n) is 4.08. The maximum atomic E-state index is 13.8. The number of hydrogen-bond donors (Lipinski definition) is 2. The number of primary amides is 1. The Morgan fingerprint density at radius 3 is 2.79 bits per heavy atom. The van der Waals surface area contributed by atoms with Crippen molar-refractivity contribution in [1.29, 1.82) is 0 Å². The Labute approximate surface area is 190 Å². The molecule has 0 aliphatic carbocycles. The summed E-state index contributed by atoms with van der Waals surface area (Å²) in [4.78, 5) is 43.9. The molecule has 1 atom stereocenters. The monoisotopic (exact) mass is 449 g/mol. The van der Waals surface area contributed by atoms with Crippen molar-refractivity contribution in [2.45, 2.75) is 12.5 Å². The molecule has 3 N–H and O–H groups in total. The molecule has 3 aromatic rings. The van der Waals surface area contributed by atoms with E-state index >= 15 is 0 Å². The molecule has 0 spiro atoms. The minimum absolute atomic E-state index is 0.121. The molecule has 0 saturated carbocycles. The number of likely N-dealkylation sites (N-methyl/N-ethyl adjacent to an activating group) is 1. The van der Waals surface area contributed by atoms with Crippen molar-refractivity contribution in [1.82, 2.24) is 20.1 Å². The van der Waals surface area contributed by atoms with Crippen molar-refractivity contribution >= 4 is 28.6 Å². The van der Waals surface area contributed by atoms with Crippen LogP contribution in [0.25, 0.3) is 10.8 Å². The second-order valence-corrected chi connectivity index (χ2v) is 8.13. The third-order valence-corrected chi connectivity index (χ3v) is 5.87. The van der Waals surface area contributed by atoms with Crippen LogP contribution in [-0.4, -0.2) is 59.3 Å².